The van der Waals surface area contributed by atoms with Crippen molar-refractivity contribution in [3.63, 3.8) is 0 Å². The predicted octanol–water partition coefficient (Wildman–Crippen LogP) is 0.933. The number of aliphatic hydroxyl groups is 1. The molecule has 1 saturated carbocycles. The first-order chi connectivity index (χ1) is 7.30. The number of nitrogens with one attached hydrogen (secondary N) is 1. The van der Waals surface area contributed by atoms with Crippen LogP contribution in [-0.2, 0) is 9.53 Å². The number of aliphatic hydroxyl groups excluding tert-OH is 1. The van der Waals surface area contributed by atoms with Crippen molar-refractivity contribution in [3.8, 4) is 0 Å². The van der Waals surface area contributed by atoms with Gasteiger partial charge in [-0.15, -0.1) is 0 Å². The minimum atomic E-state index is -0.245. The Morgan fingerprint density at radius 1 is 1.50 bits per heavy atom. The summed E-state index contributed by atoms with van der Waals surface area (Å²) >= 11 is 0. The van der Waals surface area contributed by atoms with E-state index in [1.54, 1.807) is 0 Å². The second-order valence-corrected chi connectivity index (χ2v) is 5.39. The summed E-state index contributed by atoms with van der Waals surface area (Å²) in [4.78, 5) is 11.4. The van der Waals surface area contributed by atoms with Crippen molar-refractivity contribution in [2.24, 2.45) is 11.3 Å². The van der Waals surface area contributed by atoms with E-state index < -0.39 is 0 Å². The molecule has 0 aliphatic heterocycles. The van der Waals surface area contributed by atoms with Gasteiger partial charge in [-0.2, -0.15) is 0 Å². The Kier molecular flexibility index (Phi) is 3.97. The monoisotopic (exact) mass is 229 g/mol. The Balaban J connectivity index is 2.47. The number of methoxy groups -OCH3 is 1. The Hall–Kier alpha value is -0.610. The Morgan fingerprint density at radius 2 is 2.06 bits per heavy atom. The molecule has 4 heteroatoms. The lowest BCUT2D eigenvalue weighted by Crippen LogP contribution is -2.62. The molecule has 0 aromatic heterocycles. The van der Waals surface area contributed by atoms with Crippen LogP contribution >= 0.6 is 0 Å². The first kappa shape index (κ1) is 13.5. The van der Waals surface area contributed by atoms with Crippen LogP contribution in [0, 0.1) is 11.3 Å². The third kappa shape index (κ3) is 2.38. The van der Waals surface area contributed by atoms with E-state index in [2.05, 4.69) is 5.32 Å². The lowest BCUT2D eigenvalue weighted by molar-refractivity contribution is -0.146. The number of hydrogen-bond acceptors (Lipinski definition) is 4. The van der Waals surface area contributed by atoms with Crippen LogP contribution in [0.5, 0.6) is 0 Å². The van der Waals surface area contributed by atoms with Crippen molar-refractivity contribution >= 4 is 5.97 Å². The third-order valence-corrected chi connectivity index (χ3v) is 4.00. The molecule has 94 valence electrons. The third-order valence-electron chi connectivity index (χ3n) is 4.00. The molecule has 4 atom stereocenters. The fourth-order valence-electron chi connectivity index (χ4n) is 2.04. The van der Waals surface area contributed by atoms with Crippen LogP contribution in [0.2, 0.25) is 0 Å². The molecule has 1 fully saturated rings. The topological polar surface area (TPSA) is 58.6 Å². The van der Waals surface area contributed by atoms with Gasteiger partial charge < -0.3 is 15.2 Å². The zero-order valence-corrected chi connectivity index (χ0v) is 10.8. The van der Waals surface area contributed by atoms with Crippen molar-refractivity contribution in [1.82, 2.24) is 5.32 Å². The molecule has 1 aliphatic carbocycles. The molecule has 4 unspecified atom stereocenters. The summed E-state index contributed by atoms with van der Waals surface area (Å²) in [6, 6.07) is 0.328. The van der Waals surface area contributed by atoms with Crippen LogP contribution in [0.15, 0.2) is 0 Å². The first-order valence-corrected chi connectivity index (χ1v) is 5.82. The molecule has 1 aliphatic rings. The van der Waals surface area contributed by atoms with E-state index in [1.165, 1.54) is 7.11 Å². The molecule has 0 radical (unpaired) electrons. The smallest absolute Gasteiger partial charge is 0.309 e. The highest BCUT2D eigenvalue weighted by atomic mass is 16.5. The largest absolute Gasteiger partial charge is 0.469 e. The standard InChI is InChI=1S/C12H23NO3/c1-7(11(15)16-5)8(2)13-9-6-10(14)12(9,3)4/h7-10,13-14H,6H2,1-5H3. The zero-order valence-electron chi connectivity index (χ0n) is 10.8. The van der Waals surface area contributed by atoms with Crippen molar-refractivity contribution < 1.29 is 14.6 Å². The van der Waals surface area contributed by atoms with Crippen LogP contribution < -0.4 is 5.32 Å². The zero-order chi connectivity index (χ0) is 12.5. The fraction of sp³-hybridized carbons (Fsp3) is 0.917. The van der Waals surface area contributed by atoms with Crippen molar-refractivity contribution in [1.29, 1.82) is 0 Å². The van der Waals surface area contributed by atoms with E-state index in [9.17, 15) is 9.90 Å². The summed E-state index contributed by atoms with van der Waals surface area (Å²) in [7, 11) is 1.41. The van der Waals surface area contributed by atoms with E-state index in [-0.39, 0.29) is 35.5 Å². The average molecular weight is 229 g/mol. The van der Waals surface area contributed by atoms with Gasteiger partial charge in [0, 0.05) is 17.5 Å². The van der Waals surface area contributed by atoms with Crippen molar-refractivity contribution in [2.75, 3.05) is 7.11 Å². The molecule has 1 rings (SSSR count). The summed E-state index contributed by atoms with van der Waals surface area (Å²) in [5.41, 5.74) is -0.107. The highest BCUT2D eigenvalue weighted by molar-refractivity contribution is 5.72. The molecule has 16 heavy (non-hydrogen) atoms. The van der Waals surface area contributed by atoms with Crippen LogP contribution in [0.3, 0.4) is 0 Å². The van der Waals surface area contributed by atoms with E-state index in [4.69, 9.17) is 4.74 Å². The van der Waals surface area contributed by atoms with Gasteiger partial charge >= 0.3 is 5.97 Å². The van der Waals surface area contributed by atoms with Crippen LogP contribution in [0.4, 0.5) is 0 Å². The Labute approximate surface area is 97.4 Å². The van der Waals surface area contributed by atoms with Crippen LogP contribution in [0.1, 0.15) is 34.1 Å². The lowest BCUT2D eigenvalue weighted by atomic mass is 9.64. The van der Waals surface area contributed by atoms with E-state index in [1.807, 2.05) is 27.7 Å². The van der Waals surface area contributed by atoms with E-state index >= 15 is 0 Å². The highest BCUT2D eigenvalue weighted by Gasteiger charge is 2.47. The number of esters is 1. The summed E-state index contributed by atoms with van der Waals surface area (Å²) in [6.07, 6.45) is 0.510. The van der Waals surface area contributed by atoms with Gasteiger partial charge in [-0.05, 0) is 13.3 Å². The lowest BCUT2D eigenvalue weighted by Gasteiger charge is -2.51. The molecule has 0 amide bonds. The summed E-state index contributed by atoms with van der Waals surface area (Å²) in [5.74, 6) is -0.365. The molecule has 4 nitrogen and oxygen atoms in total. The highest BCUT2D eigenvalue weighted by Crippen LogP contribution is 2.40. The van der Waals surface area contributed by atoms with Gasteiger partial charge in [-0.1, -0.05) is 20.8 Å². The maximum atomic E-state index is 11.4. The number of rotatable bonds is 4. The quantitative estimate of drug-likeness (QED) is 0.704. The minimum Gasteiger partial charge on any atom is -0.469 e. The van der Waals surface area contributed by atoms with Gasteiger partial charge in [-0.3, -0.25) is 4.79 Å². The predicted molar refractivity (Wildman–Crippen MR) is 62.0 cm³/mol. The van der Waals surface area contributed by atoms with Gasteiger partial charge in [0.2, 0.25) is 0 Å². The second kappa shape index (κ2) is 4.72. The molecule has 0 heterocycles. The summed E-state index contributed by atoms with van der Waals surface area (Å²) < 4.78 is 4.71. The summed E-state index contributed by atoms with van der Waals surface area (Å²) in [6.45, 7) is 7.90. The molecule has 0 aromatic rings. The molecule has 0 saturated heterocycles. The molecular formula is C12H23NO3. The van der Waals surface area contributed by atoms with Gasteiger partial charge in [0.05, 0.1) is 19.1 Å². The normalized spacial score (nSPS) is 31.4. The molecule has 2 N–H and O–H groups in total. The minimum absolute atomic E-state index is 0.0595. The van der Waals surface area contributed by atoms with Gasteiger partial charge in [0.15, 0.2) is 0 Å². The molecule has 0 bridgehead atoms. The van der Waals surface area contributed by atoms with Crippen LogP contribution in [-0.4, -0.2) is 36.4 Å². The van der Waals surface area contributed by atoms with Crippen molar-refractivity contribution in [2.45, 2.75) is 52.3 Å². The van der Waals surface area contributed by atoms with Crippen molar-refractivity contribution in [3.05, 3.63) is 0 Å². The second-order valence-electron chi connectivity index (χ2n) is 5.39. The average Bonchev–Trinajstić information content (AvgIpc) is 2.26. The maximum Gasteiger partial charge on any atom is 0.309 e. The SMILES string of the molecule is COC(=O)C(C)C(C)NC1CC(O)C1(C)C. The van der Waals surface area contributed by atoms with Crippen LogP contribution in [0.25, 0.3) is 0 Å². The first-order valence-electron chi connectivity index (χ1n) is 5.82. The number of carbonyl (C=O) groups excluding carboxylic acids is 1. The summed E-state index contributed by atoms with van der Waals surface area (Å²) in [5, 5.41) is 13.0. The Bertz CT molecular complexity index is 265. The molecular weight excluding hydrogens is 206 g/mol. The Morgan fingerprint density at radius 3 is 2.44 bits per heavy atom. The van der Waals surface area contributed by atoms with Gasteiger partial charge in [0.1, 0.15) is 0 Å². The number of carbonyl (C=O) groups is 1. The fourth-order valence-corrected chi connectivity index (χ4v) is 2.04. The number of hydrogen-bond donors (Lipinski definition) is 2. The maximum absolute atomic E-state index is 11.4. The van der Waals surface area contributed by atoms with Gasteiger partial charge in [0.25, 0.3) is 0 Å². The van der Waals surface area contributed by atoms with E-state index in [0.717, 1.165) is 6.42 Å². The molecule has 0 spiro atoms. The molecule has 0 aromatic carbocycles. The van der Waals surface area contributed by atoms with E-state index in [0.29, 0.717) is 0 Å². The number of ether oxygens (including phenoxy) is 1. The van der Waals surface area contributed by atoms with Gasteiger partial charge in [-0.25, -0.2) is 0 Å².